The van der Waals surface area contributed by atoms with Crippen LogP contribution in [0.25, 0.3) is 11.3 Å². The van der Waals surface area contributed by atoms with Gasteiger partial charge in [-0.05, 0) is 49.4 Å². The Morgan fingerprint density at radius 3 is 2.64 bits per heavy atom. The van der Waals surface area contributed by atoms with Crippen LogP contribution < -0.4 is 25.8 Å². The average molecular weight is 498 g/mol. The van der Waals surface area contributed by atoms with Crippen LogP contribution in [-0.2, 0) is 6.54 Å². The zero-order valence-corrected chi connectivity index (χ0v) is 19.9. The highest BCUT2D eigenvalue weighted by Gasteiger charge is 2.35. The second kappa shape index (κ2) is 9.75. The molecule has 1 saturated heterocycles. The van der Waals surface area contributed by atoms with E-state index in [0.29, 0.717) is 54.5 Å². The molecular weight excluding hydrogens is 471 g/mol. The Bertz CT molecular complexity index is 1300. The second-order valence-electron chi connectivity index (χ2n) is 8.67. The lowest BCUT2D eigenvalue weighted by molar-refractivity contribution is 0.246. The normalized spacial score (nSPS) is 17.7. The third-order valence-corrected chi connectivity index (χ3v) is 6.35. The maximum atomic E-state index is 14.9. The monoisotopic (exact) mass is 497 g/mol. The Morgan fingerprint density at radius 1 is 1.14 bits per heavy atom. The van der Waals surface area contributed by atoms with Crippen LogP contribution in [0.5, 0.6) is 0 Å². The number of urea groups is 1. The summed E-state index contributed by atoms with van der Waals surface area (Å²) < 4.78 is 43.7. The molecule has 0 aliphatic carbocycles. The van der Waals surface area contributed by atoms with Crippen LogP contribution in [0.1, 0.15) is 18.1 Å². The van der Waals surface area contributed by atoms with Crippen LogP contribution >= 0.6 is 0 Å². The van der Waals surface area contributed by atoms with E-state index in [-0.39, 0.29) is 18.5 Å². The van der Waals surface area contributed by atoms with Gasteiger partial charge in [0, 0.05) is 30.8 Å². The van der Waals surface area contributed by atoms with Crippen LogP contribution in [0.15, 0.2) is 36.4 Å². The molecule has 2 aliphatic rings. The van der Waals surface area contributed by atoms with Crippen molar-refractivity contribution in [3.63, 3.8) is 0 Å². The molecule has 2 aromatic carbocycles. The maximum Gasteiger partial charge on any atom is 0.328 e. The quantitative estimate of drug-likeness (QED) is 0.500. The molecule has 2 aliphatic heterocycles. The van der Waals surface area contributed by atoms with Crippen molar-refractivity contribution in [3.8, 4) is 11.3 Å². The summed E-state index contributed by atoms with van der Waals surface area (Å²) in [4.78, 5) is 25.5. The van der Waals surface area contributed by atoms with E-state index in [2.05, 4.69) is 16.0 Å². The Morgan fingerprint density at radius 2 is 1.92 bits per heavy atom. The first-order chi connectivity index (χ1) is 17.4. The molecule has 2 amide bonds. The van der Waals surface area contributed by atoms with Crippen molar-refractivity contribution in [3.05, 3.63) is 65.0 Å². The minimum atomic E-state index is -0.898. The van der Waals surface area contributed by atoms with Crippen LogP contribution in [0, 0.1) is 24.4 Å². The lowest BCUT2D eigenvalue weighted by Crippen LogP contribution is -2.58. The van der Waals surface area contributed by atoms with Crippen molar-refractivity contribution in [1.82, 2.24) is 25.9 Å². The Labute approximate surface area is 206 Å². The number of nitrogens with zero attached hydrogens (tertiary/aromatic N) is 4. The molecule has 3 aromatic rings. The molecule has 1 atom stereocenters. The highest BCUT2D eigenvalue weighted by atomic mass is 19.1. The highest BCUT2D eigenvalue weighted by Crippen LogP contribution is 2.39. The molecule has 3 heterocycles. The van der Waals surface area contributed by atoms with E-state index in [1.807, 2.05) is 11.8 Å². The van der Waals surface area contributed by atoms with Gasteiger partial charge in [-0.25, -0.2) is 27.8 Å². The average Bonchev–Trinajstić information content (AvgIpc) is 2.85. The van der Waals surface area contributed by atoms with E-state index in [0.717, 1.165) is 17.0 Å². The number of nitrogens with one attached hydrogen (secondary N) is 3. The Kier molecular flexibility index (Phi) is 6.50. The van der Waals surface area contributed by atoms with Gasteiger partial charge in [-0.2, -0.15) is 4.98 Å². The number of likely N-dealkylation sites (N-methyl/N-ethyl adjacent to an activating group) is 1. The summed E-state index contributed by atoms with van der Waals surface area (Å²) in [5.41, 5.74) is 1.68. The number of para-hydroxylation sites is 1. The number of aryl methyl sites for hydroxylation is 1. The van der Waals surface area contributed by atoms with Gasteiger partial charge in [-0.3, -0.25) is 5.32 Å². The van der Waals surface area contributed by atoms with Crippen LogP contribution in [0.3, 0.4) is 0 Å². The third-order valence-electron chi connectivity index (χ3n) is 6.35. The van der Waals surface area contributed by atoms with Crippen LogP contribution in [-0.4, -0.2) is 48.3 Å². The Balaban J connectivity index is 1.76. The lowest BCUT2D eigenvalue weighted by atomic mass is 10.00. The molecular formula is C25H26F3N7O. The standard InChI is InChI=1S/C25H26F3N7O/c1-3-30-20-13-29-9-10-34(20)24-32-21(16-8-7-15(26)11-14(16)2)17-12-31-25(36)35(23(17)33-24)22-18(27)5-4-6-19(22)28/h4-8,11,20,29-30H,3,9-10,12-13H2,1-2H3,(H,31,36). The van der Waals surface area contributed by atoms with Gasteiger partial charge in [0.2, 0.25) is 5.95 Å². The molecule has 5 rings (SSSR count). The first kappa shape index (κ1) is 24.0. The molecule has 3 N–H and O–H groups in total. The van der Waals surface area contributed by atoms with Crippen molar-refractivity contribution in [2.45, 2.75) is 26.6 Å². The molecule has 8 nitrogen and oxygen atoms in total. The zero-order chi connectivity index (χ0) is 25.4. The number of hydrogen-bond donors (Lipinski definition) is 3. The third kappa shape index (κ3) is 4.24. The number of halogens is 3. The predicted octanol–water partition coefficient (Wildman–Crippen LogP) is 3.58. The molecule has 11 heteroatoms. The van der Waals surface area contributed by atoms with Gasteiger partial charge >= 0.3 is 6.03 Å². The van der Waals surface area contributed by atoms with Gasteiger partial charge in [0.1, 0.15) is 23.1 Å². The number of carbonyl (C=O) groups is 1. The fourth-order valence-corrected chi connectivity index (χ4v) is 4.66. The lowest BCUT2D eigenvalue weighted by Gasteiger charge is -2.38. The molecule has 0 radical (unpaired) electrons. The topological polar surface area (TPSA) is 85.4 Å². The molecule has 1 fully saturated rings. The maximum absolute atomic E-state index is 14.9. The van der Waals surface area contributed by atoms with E-state index in [1.54, 1.807) is 13.0 Å². The minimum Gasteiger partial charge on any atom is -0.333 e. The summed E-state index contributed by atoms with van der Waals surface area (Å²) in [6.45, 7) is 6.37. The van der Waals surface area contributed by atoms with E-state index >= 15 is 0 Å². The summed E-state index contributed by atoms with van der Waals surface area (Å²) in [5.74, 6) is -1.80. The number of hydrogen-bond acceptors (Lipinski definition) is 6. The number of aromatic nitrogens is 2. The van der Waals surface area contributed by atoms with E-state index < -0.39 is 29.2 Å². The van der Waals surface area contributed by atoms with Crippen molar-refractivity contribution in [2.24, 2.45) is 0 Å². The molecule has 0 saturated carbocycles. The van der Waals surface area contributed by atoms with Crippen molar-refractivity contribution in [2.75, 3.05) is 36.0 Å². The number of anilines is 3. The summed E-state index contributed by atoms with van der Waals surface area (Å²) in [6, 6.07) is 7.04. The number of carbonyl (C=O) groups excluding carboxylic acids is 1. The molecule has 1 unspecified atom stereocenters. The SMILES string of the molecule is CCNC1CNCCN1c1nc(-c2ccc(F)cc2C)c2c(n1)N(c1c(F)cccc1F)C(=O)NC2. The second-order valence-corrected chi connectivity index (χ2v) is 8.67. The molecule has 36 heavy (non-hydrogen) atoms. The van der Waals surface area contributed by atoms with E-state index in [9.17, 15) is 18.0 Å². The summed E-state index contributed by atoms with van der Waals surface area (Å²) >= 11 is 0. The van der Waals surface area contributed by atoms with Gasteiger partial charge in [-0.15, -0.1) is 0 Å². The van der Waals surface area contributed by atoms with Gasteiger partial charge in [0.15, 0.2) is 5.82 Å². The molecule has 0 bridgehead atoms. The number of amides is 2. The van der Waals surface area contributed by atoms with Crippen molar-refractivity contribution >= 4 is 23.5 Å². The van der Waals surface area contributed by atoms with Gasteiger partial charge in [0.05, 0.1) is 18.4 Å². The summed E-state index contributed by atoms with van der Waals surface area (Å²) in [5, 5.41) is 9.38. The summed E-state index contributed by atoms with van der Waals surface area (Å²) in [6.07, 6.45) is -0.139. The van der Waals surface area contributed by atoms with Crippen molar-refractivity contribution < 1.29 is 18.0 Å². The highest BCUT2D eigenvalue weighted by molar-refractivity contribution is 6.02. The number of piperazine rings is 1. The van der Waals surface area contributed by atoms with Gasteiger partial charge < -0.3 is 15.5 Å². The zero-order valence-electron chi connectivity index (χ0n) is 19.9. The van der Waals surface area contributed by atoms with E-state index in [4.69, 9.17) is 9.97 Å². The first-order valence-electron chi connectivity index (χ1n) is 11.8. The van der Waals surface area contributed by atoms with Gasteiger partial charge in [0.25, 0.3) is 0 Å². The Hall–Kier alpha value is -3.70. The fourth-order valence-electron chi connectivity index (χ4n) is 4.66. The van der Waals surface area contributed by atoms with Crippen molar-refractivity contribution in [1.29, 1.82) is 0 Å². The number of fused-ring (bicyclic) bond motifs is 1. The van der Waals surface area contributed by atoms with Crippen LogP contribution in [0.2, 0.25) is 0 Å². The largest absolute Gasteiger partial charge is 0.333 e. The number of benzene rings is 2. The molecule has 188 valence electrons. The summed E-state index contributed by atoms with van der Waals surface area (Å²) in [7, 11) is 0. The van der Waals surface area contributed by atoms with Crippen LogP contribution in [0.4, 0.5) is 35.4 Å². The van der Waals surface area contributed by atoms with E-state index in [1.165, 1.54) is 18.2 Å². The smallest absolute Gasteiger partial charge is 0.328 e. The molecule has 1 aromatic heterocycles. The molecule has 0 spiro atoms. The predicted molar refractivity (Wildman–Crippen MR) is 131 cm³/mol. The number of rotatable bonds is 5. The van der Waals surface area contributed by atoms with Gasteiger partial charge in [-0.1, -0.05) is 13.0 Å². The first-order valence-corrected chi connectivity index (χ1v) is 11.8. The fraction of sp³-hybridized carbons (Fsp3) is 0.320. The minimum absolute atomic E-state index is 0.0470.